The Morgan fingerprint density at radius 1 is 1.07 bits per heavy atom. The number of hydrogen-bond donors (Lipinski definition) is 2. The van der Waals surface area contributed by atoms with Crippen molar-refractivity contribution in [3.05, 3.63) is 76.2 Å². The van der Waals surface area contributed by atoms with Crippen LogP contribution in [0.1, 0.15) is 16.8 Å². The number of hydrogen-bond acceptors (Lipinski definition) is 6. The highest BCUT2D eigenvalue weighted by molar-refractivity contribution is 7.71. The lowest BCUT2D eigenvalue weighted by Gasteiger charge is -2.11. The van der Waals surface area contributed by atoms with E-state index in [9.17, 15) is 0 Å². The molecular weight excluding hydrogens is 400 g/mol. The quantitative estimate of drug-likeness (QED) is 0.347. The summed E-state index contributed by atoms with van der Waals surface area (Å²) in [7, 11) is 1.61. The van der Waals surface area contributed by atoms with E-state index in [1.807, 2.05) is 61.5 Å². The highest BCUT2D eigenvalue weighted by Gasteiger charge is 2.11. The molecule has 0 aliphatic heterocycles. The lowest BCUT2D eigenvalue weighted by molar-refractivity contribution is 0.284. The first-order chi connectivity index (χ1) is 14.6. The van der Waals surface area contributed by atoms with Gasteiger partial charge in [0.05, 0.1) is 13.3 Å². The van der Waals surface area contributed by atoms with Gasteiger partial charge in [-0.3, -0.25) is 5.10 Å². The SMILES string of the molecule is COc1cc(C=Nn2c(-c3cc(C)[nH]n3)n[nH]c2=S)ccc1OCc1ccccc1. The molecule has 0 radical (unpaired) electrons. The molecule has 4 aromatic rings. The number of aryl methyl sites for hydroxylation is 1. The predicted octanol–water partition coefficient (Wildman–Crippen LogP) is 4.11. The van der Waals surface area contributed by atoms with Crippen molar-refractivity contribution in [3.8, 4) is 23.0 Å². The Balaban J connectivity index is 1.55. The average Bonchev–Trinajstić information content (AvgIpc) is 3.36. The van der Waals surface area contributed by atoms with E-state index in [4.69, 9.17) is 21.7 Å². The van der Waals surface area contributed by atoms with Gasteiger partial charge in [-0.2, -0.15) is 20.0 Å². The van der Waals surface area contributed by atoms with Gasteiger partial charge in [-0.05, 0) is 54.5 Å². The topological polar surface area (TPSA) is 93.1 Å². The molecule has 2 aromatic heterocycles. The minimum absolute atomic E-state index is 0.372. The van der Waals surface area contributed by atoms with Crippen LogP contribution in [0.5, 0.6) is 11.5 Å². The van der Waals surface area contributed by atoms with Crippen molar-refractivity contribution < 1.29 is 9.47 Å². The minimum atomic E-state index is 0.372. The number of nitrogens with one attached hydrogen (secondary N) is 2. The molecular formula is C21H20N6O2S. The molecule has 0 fully saturated rings. The van der Waals surface area contributed by atoms with Crippen molar-refractivity contribution in [1.29, 1.82) is 0 Å². The number of rotatable bonds is 7. The summed E-state index contributed by atoms with van der Waals surface area (Å²) in [6.45, 7) is 2.38. The Hall–Kier alpha value is -3.72. The highest BCUT2D eigenvalue weighted by atomic mass is 32.1. The van der Waals surface area contributed by atoms with Gasteiger partial charge in [0.25, 0.3) is 0 Å². The third-order valence-corrected chi connectivity index (χ3v) is 4.60. The van der Waals surface area contributed by atoms with Crippen molar-refractivity contribution in [3.63, 3.8) is 0 Å². The van der Waals surface area contributed by atoms with Gasteiger partial charge in [0.1, 0.15) is 12.3 Å². The van der Waals surface area contributed by atoms with Crippen molar-refractivity contribution in [2.75, 3.05) is 7.11 Å². The molecule has 2 heterocycles. The summed E-state index contributed by atoms with van der Waals surface area (Å²) >= 11 is 5.29. The van der Waals surface area contributed by atoms with Gasteiger partial charge in [-0.15, -0.1) is 0 Å². The van der Waals surface area contributed by atoms with Crippen LogP contribution in [0.3, 0.4) is 0 Å². The summed E-state index contributed by atoms with van der Waals surface area (Å²) in [6.07, 6.45) is 1.68. The Morgan fingerprint density at radius 3 is 2.63 bits per heavy atom. The minimum Gasteiger partial charge on any atom is -0.493 e. The zero-order valence-corrected chi connectivity index (χ0v) is 17.3. The smallest absolute Gasteiger partial charge is 0.216 e. The number of H-pyrrole nitrogens is 2. The second-order valence-corrected chi connectivity index (χ2v) is 6.92. The van der Waals surface area contributed by atoms with Crippen LogP contribution in [-0.4, -0.2) is 38.4 Å². The van der Waals surface area contributed by atoms with Crippen LogP contribution in [0.25, 0.3) is 11.5 Å². The van der Waals surface area contributed by atoms with Gasteiger partial charge >= 0.3 is 0 Å². The zero-order chi connectivity index (χ0) is 20.9. The van der Waals surface area contributed by atoms with Crippen molar-refractivity contribution in [1.82, 2.24) is 25.1 Å². The fourth-order valence-electron chi connectivity index (χ4n) is 2.84. The fourth-order valence-corrected chi connectivity index (χ4v) is 3.02. The van der Waals surface area contributed by atoms with Gasteiger partial charge in [0, 0.05) is 5.69 Å². The van der Waals surface area contributed by atoms with Crippen LogP contribution >= 0.6 is 12.2 Å². The van der Waals surface area contributed by atoms with Crippen LogP contribution in [0.15, 0.2) is 59.7 Å². The van der Waals surface area contributed by atoms with Crippen molar-refractivity contribution >= 4 is 18.4 Å². The van der Waals surface area contributed by atoms with E-state index in [0.717, 1.165) is 16.8 Å². The third kappa shape index (κ3) is 4.31. The van der Waals surface area contributed by atoms with Crippen molar-refractivity contribution in [2.45, 2.75) is 13.5 Å². The number of aromatic amines is 2. The first-order valence-electron chi connectivity index (χ1n) is 9.23. The van der Waals surface area contributed by atoms with Gasteiger partial charge < -0.3 is 9.47 Å². The molecule has 30 heavy (non-hydrogen) atoms. The molecule has 0 saturated carbocycles. The van der Waals surface area contributed by atoms with E-state index in [-0.39, 0.29) is 0 Å². The highest BCUT2D eigenvalue weighted by Crippen LogP contribution is 2.28. The van der Waals surface area contributed by atoms with Gasteiger partial charge in [0.15, 0.2) is 11.5 Å². The number of methoxy groups -OCH3 is 1. The maximum Gasteiger partial charge on any atom is 0.216 e. The molecule has 0 unspecified atom stereocenters. The molecule has 2 aromatic carbocycles. The molecule has 8 nitrogen and oxygen atoms in total. The monoisotopic (exact) mass is 420 g/mol. The molecule has 4 rings (SSSR count). The number of aromatic nitrogens is 5. The summed E-state index contributed by atoms with van der Waals surface area (Å²) in [5.41, 5.74) is 3.48. The van der Waals surface area contributed by atoms with Crippen LogP contribution in [0.4, 0.5) is 0 Å². The third-order valence-electron chi connectivity index (χ3n) is 4.33. The van der Waals surface area contributed by atoms with Crippen molar-refractivity contribution in [2.24, 2.45) is 5.10 Å². The van der Waals surface area contributed by atoms with Gasteiger partial charge in [-0.1, -0.05) is 30.3 Å². The van der Waals surface area contributed by atoms with E-state index >= 15 is 0 Å². The fraction of sp³-hybridized carbons (Fsp3) is 0.143. The van der Waals surface area contributed by atoms with E-state index < -0.39 is 0 Å². The summed E-state index contributed by atoms with van der Waals surface area (Å²) < 4.78 is 13.3. The molecule has 0 amide bonds. The first-order valence-corrected chi connectivity index (χ1v) is 9.64. The maximum absolute atomic E-state index is 5.90. The Labute approximate surface area is 178 Å². The summed E-state index contributed by atoms with van der Waals surface area (Å²) in [6, 6.07) is 17.4. The second-order valence-electron chi connectivity index (χ2n) is 6.53. The Kier molecular flexibility index (Phi) is 5.71. The van der Waals surface area contributed by atoms with Gasteiger partial charge in [0.2, 0.25) is 10.6 Å². The summed E-state index contributed by atoms with van der Waals surface area (Å²) in [5, 5.41) is 18.5. The number of nitrogens with zero attached hydrogens (tertiary/aromatic N) is 4. The van der Waals surface area contributed by atoms with E-state index in [0.29, 0.717) is 34.4 Å². The molecule has 0 atom stereocenters. The maximum atomic E-state index is 5.90. The Morgan fingerprint density at radius 2 is 1.90 bits per heavy atom. The van der Waals surface area contributed by atoms with Gasteiger partial charge in [-0.25, -0.2) is 5.10 Å². The number of ether oxygens (including phenoxy) is 2. The molecule has 0 aliphatic rings. The molecule has 0 aliphatic carbocycles. The van der Waals surface area contributed by atoms with E-state index in [1.54, 1.807) is 13.3 Å². The average molecular weight is 420 g/mol. The lowest BCUT2D eigenvalue weighted by atomic mass is 10.2. The summed E-state index contributed by atoms with van der Waals surface area (Å²) in [5.74, 6) is 1.80. The lowest BCUT2D eigenvalue weighted by Crippen LogP contribution is -1.99. The molecule has 152 valence electrons. The molecule has 9 heteroatoms. The normalized spacial score (nSPS) is 11.1. The molecule has 0 bridgehead atoms. The number of benzene rings is 2. The standard InChI is InChI=1S/C21H20N6O2S/c1-14-10-17(24-23-14)20-25-26-21(30)27(20)22-12-16-8-9-18(19(11-16)28-2)29-13-15-6-4-3-5-7-15/h3-12H,13H2,1-2H3,(H,23,24)(H,26,30). The molecule has 0 saturated heterocycles. The summed E-state index contributed by atoms with van der Waals surface area (Å²) in [4.78, 5) is 0. The molecule has 0 spiro atoms. The zero-order valence-electron chi connectivity index (χ0n) is 16.5. The Bertz CT molecular complexity index is 1230. The van der Waals surface area contributed by atoms with Crippen LogP contribution < -0.4 is 9.47 Å². The largest absolute Gasteiger partial charge is 0.493 e. The van der Waals surface area contributed by atoms with Crippen LogP contribution in [0, 0.1) is 11.7 Å². The van der Waals surface area contributed by atoms with E-state index in [2.05, 4.69) is 25.5 Å². The molecule has 2 N–H and O–H groups in total. The van der Waals surface area contributed by atoms with Crippen LogP contribution in [0.2, 0.25) is 0 Å². The first kappa shape index (κ1) is 19.6. The van der Waals surface area contributed by atoms with Crippen LogP contribution in [-0.2, 0) is 6.61 Å². The predicted molar refractivity (Wildman–Crippen MR) is 116 cm³/mol. The second kappa shape index (κ2) is 8.75. The van der Waals surface area contributed by atoms with E-state index in [1.165, 1.54) is 4.68 Å².